The number of carbonyl (C=O) groups is 1. The molecule has 0 radical (unpaired) electrons. The van der Waals surface area contributed by atoms with Gasteiger partial charge in [-0.25, -0.2) is 17.9 Å². The van der Waals surface area contributed by atoms with E-state index in [2.05, 4.69) is 25.6 Å². The maximum Gasteiger partial charge on any atom is 0.410 e. The number of nitrogens with zero attached hydrogens (tertiary/aromatic N) is 1. The Morgan fingerprint density at radius 1 is 1.20 bits per heavy atom. The molecule has 1 atom stereocenters. The molecule has 0 unspecified atom stereocenters. The molecule has 2 aromatic carbocycles. The molecule has 0 bridgehead atoms. The van der Waals surface area contributed by atoms with Crippen molar-refractivity contribution in [1.29, 1.82) is 0 Å². The highest BCUT2D eigenvalue weighted by molar-refractivity contribution is 9.10. The highest BCUT2D eigenvalue weighted by Gasteiger charge is 2.31. The fourth-order valence-corrected chi connectivity index (χ4v) is 6.85. The van der Waals surface area contributed by atoms with E-state index in [1.165, 1.54) is 0 Å². The second kappa shape index (κ2) is 10.3. The smallest absolute Gasteiger partial charge is 0.410 e. The molecular weight excluding hydrogens is 530 g/mol. The van der Waals surface area contributed by atoms with Crippen LogP contribution in [0.4, 0.5) is 4.79 Å². The zero-order valence-electron chi connectivity index (χ0n) is 20.3. The Kier molecular flexibility index (Phi) is 7.59. The predicted molar refractivity (Wildman–Crippen MR) is 142 cm³/mol. The van der Waals surface area contributed by atoms with Crippen LogP contribution in [0.2, 0.25) is 0 Å². The Balaban J connectivity index is 1.50. The van der Waals surface area contributed by atoms with Gasteiger partial charge in [0.15, 0.2) is 0 Å². The lowest BCUT2D eigenvalue weighted by atomic mass is 10.0. The third-order valence-corrected chi connectivity index (χ3v) is 8.24. The summed E-state index contributed by atoms with van der Waals surface area (Å²) in [5.74, 6) is -0.106. The molecule has 0 aliphatic carbocycles. The number of aromatic amines is 1. The lowest BCUT2D eigenvalue weighted by molar-refractivity contribution is 0.0921. The minimum atomic E-state index is -3.50. The highest BCUT2D eigenvalue weighted by atomic mass is 79.9. The molecule has 1 aromatic heterocycles. The van der Waals surface area contributed by atoms with E-state index in [1.54, 1.807) is 0 Å². The Labute approximate surface area is 215 Å². The third-order valence-electron chi connectivity index (χ3n) is 5.98. The molecule has 2 heterocycles. The first kappa shape index (κ1) is 25.7. The standard InChI is InChI=1S/C26H32BrN3O4S/c1-26(2,3)29-35(32,33)17-19-12-22-20(15-28-24(22)23(27)13-19)14-21-10-7-11-30(21)25(31)34-16-18-8-5-4-6-9-18/h4-6,8-9,12-13,15,21,28-29H,7,10-11,14,16-17H2,1-3H3/t21-/m1/s1. The topological polar surface area (TPSA) is 91.5 Å². The number of fused-ring (bicyclic) bond motifs is 1. The van der Waals surface area contributed by atoms with Crippen molar-refractivity contribution in [3.63, 3.8) is 0 Å². The molecule has 1 fully saturated rings. The Hall–Kier alpha value is -2.36. The number of amides is 1. The normalized spacial score (nSPS) is 16.7. The average molecular weight is 563 g/mol. The fourth-order valence-electron chi connectivity index (χ4n) is 4.62. The average Bonchev–Trinajstić information content (AvgIpc) is 3.38. The molecule has 1 amide bonds. The van der Waals surface area contributed by atoms with Crippen molar-refractivity contribution in [1.82, 2.24) is 14.6 Å². The van der Waals surface area contributed by atoms with Gasteiger partial charge in [0.1, 0.15) is 6.61 Å². The van der Waals surface area contributed by atoms with E-state index in [0.29, 0.717) is 18.5 Å². The molecular formula is C26H32BrN3O4S. The number of hydrogen-bond donors (Lipinski definition) is 2. The first-order chi connectivity index (χ1) is 16.5. The number of benzene rings is 2. The maximum atomic E-state index is 12.8. The predicted octanol–water partition coefficient (Wildman–Crippen LogP) is 5.49. The molecule has 1 aliphatic heterocycles. The molecule has 9 heteroatoms. The van der Waals surface area contributed by atoms with Crippen LogP contribution in [0.5, 0.6) is 0 Å². The van der Waals surface area contributed by atoms with Crippen LogP contribution >= 0.6 is 15.9 Å². The van der Waals surface area contributed by atoms with Gasteiger partial charge in [-0.1, -0.05) is 30.3 Å². The van der Waals surface area contributed by atoms with Gasteiger partial charge in [0.2, 0.25) is 10.0 Å². The first-order valence-electron chi connectivity index (χ1n) is 11.8. The van der Waals surface area contributed by atoms with Gasteiger partial charge in [-0.05, 0) is 84.8 Å². The van der Waals surface area contributed by atoms with Gasteiger partial charge in [0.05, 0.1) is 11.3 Å². The molecule has 0 saturated carbocycles. The van der Waals surface area contributed by atoms with E-state index >= 15 is 0 Å². The second-order valence-electron chi connectivity index (χ2n) is 10.2. The van der Waals surface area contributed by atoms with E-state index in [9.17, 15) is 13.2 Å². The number of aromatic nitrogens is 1. The monoisotopic (exact) mass is 561 g/mol. The van der Waals surface area contributed by atoms with Crippen molar-refractivity contribution in [2.24, 2.45) is 0 Å². The van der Waals surface area contributed by atoms with Crippen LogP contribution in [0.3, 0.4) is 0 Å². The summed E-state index contributed by atoms with van der Waals surface area (Å²) in [5.41, 5.74) is 3.09. The summed E-state index contributed by atoms with van der Waals surface area (Å²) in [6.45, 7) is 6.40. The molecule has 0 spiro atoms. The van der Waals surface area contributed by atoms with Crippen molar-refractivity contribution in [2.75, 3.05) is 6.54 Å². The molecule has 188 valence electrons. The van der Waals surface area contributed by atoms with Crippen molar-refractivity contribution < 1.29 is 17.9 Å². The number of likely N-dealkylation sites (tertiary alicyclic amines) is 1. The number of halogens is 1. The van der Waals surface area contributed by atoms with Crippen molar-refractivity contribution >= 4 is 42.9 Å². The highest BCUT2D eigenvalue weighted by Crippen LogP contribution is 2.31. The Bertz CT molecular complexity index is 1300. The van der Waals surface area contributed by atoms with Crippen LogP contribution in [-0.2, 0) is 33.5 Å². The minimum Gasteiger partial charge on any atom is -0.445 e. The summed E-state index contributed by atoms with van der Waals surface area (Å²) in [5, 5.41) is 0.963. The van der Waals surface area contributed by atoms with Crippen LogP contribution in [0.25, 0.3) is 10.9 Å². The molecule has 3 aromatic rings. The molecule has 35 heavy (non-hydrogen) atoms. The molecule has 2 N–H and O–H groups in total. The Morgan fingerprint density at radius 2 is 1.94 bits per heavy atom. The van der Waals surface area contributed by atoms with Crippen molar-refractivity contribution in [3.05, 3.63) is 69.8 Å². The number of carbonyl (C=O) groups excluding carboxylic acids is 1. The number of ether oxygens (including phenoxy) is 1. The summed E-state index contributed by atoms with van der Waals surface area (Å²) < 4.78 is 34.4. The van der Waals surface area contributed by atoms with E-state index < -0.39 is 15.6 Å². The van der Waals surface area contributed by atoms with E-state index in [0.717, 1.165) is 39.3 Å². The maximum absolute atomic E-state index is 12.8. The third kappa shape index (κ3) is 6.65. The molecule has 4 rings (SSSR count). The minimum absolute atomic E-state index is 0.0333. The first-order valence-corrected chi connectivity index (χ1v) is 14.2. The van der Waals surface area contributed by atoms with Gasteiger partial charge < -0.3 is 14.6 Å². The fraction of sp³-hybridized carbons (Fsp3) is 0.423. The number of rotatable bonds is 7. The summed E-state index contributed by atoms with van der Waals surface area (Å²) in [4.78, 5) is 17.9. The van der Waals surface area contributed by atoms with Crippen LogP contribution < -0.4 is 4.72 Å². The summed E-state index contributed by atoms with van der Waals surface area (Å²) >= 11 is 3.59. The van der Waals surface area contributed by atoms with Gasteiger partial charge in [0.25, 0.3) is 0 Å². The molecule has 7 nitrogen and oxygen atoms in total. The lowest BCUT2D eigenvalue weighted by Crippen LogP contribution is -2.41. The van der Waals surface area contributed by atoms with Crippen LogP contribution in [0, 0.1) is 0 Å². The van der Waals surface area contributed by atoms with Crippen LogP contribution in [0.15, 0.2) is 53.1 Å². The summed E-state index contributed by atoms with van der Waals surface area (Å²) in [6, 6.07) is 13.5. The summed E-state index contributed by atoms with van der Waals surface area (Å²) in [7, 11) is -3.50. The molecule has 1 aliphatic rings. The number of nitrogens with one attached hydrogen (secondary N) is 2. The van der Waals surface area contributed by atoms with Gasteiger partial charge in [-0.15, -0.1) is 0 Å². The second-order valence-corrected chi connectivity index (χ2v) is 12.7. The number of H-pyrrole nitrogens is 1. The Morgan fingerprint density at radius 3 is 2.66 bits per heavy atom. The van der Waals surface area contributed by atoms with Gasteiger partial charge in [-0.3, -0.25) is 0 Å². The van der Waals surface area contributed by atoms with E-state index in [1.807, 2.05) is 74.3 Å². The van der Waals surface area contributed by atoms with Crippen molar-refractivity contribution in [3.8, 4) is 0 Å². The quantitative estimate of drug-likeness (QED) is 0.398. The van der Waals surface area contributed by atoms with Gasteiger partial charge >= 0.3 is 6.09 Å². The lowest BCUT2D eigenvalue weighted by Gasteiger charge is -2.24. The molecule has 1 saturated heterocycles. The largest absolute Gasteiger partial charge is 0.445 e. The SMILES string of the molecule is CC(C)(C)NS(=O)(=O)Cc1cc(Br)c2[nH]cc(C[C@H]3CCCN3C(=O)OCc3ccccc3)c2c1. The van der Waals surface area contributed by atoms with E-state index in [-0.39, 0.29) is 24.5 Å². The van der Waals surface area contributed by atoms with Gasteiger partial charge in [-0.2, -0.15) is 0 Å². The van der Waals surface area contributed by atoms with Crippen LogP contribution in [0.1, 0.15) is 50.3 Å². The van der Waals surface area contributed by atoms with Crippen LogP contribution in [-0.4, -0.2) is 42.5 Å². The number of hydrogen-bond acceptors (Lipinski definition) is 4. The number of sulfonamides is 1. The van der Waals surface area contributed by atoms with Gasteiger partial charge in [0, 0.05) is 34.2 Å². The summed E-state index contributed by atoms with van der Waals surface area (Å²) in [6.07, 6.45) is 4.16. The van der Waals surface area contributed by atoms with Crippen molar-refractivity contribution in [2.45, 2.75) is 64.0 Å². The van der Waals surface area contributed by atoms with E-state index in [4.69, 9.17) is 4.74 Å². The zero-order valence-corrected chi connectivity index (χ0v) is 22.7. The zero-order chi connectivity index (χ0) is 25.2.